The number of carbonyl (C=O) groups excluding carboxylic acids is 2. The van der Waals surface area contributed by atoms with Crippen LogP contribution in [0.3, 0.4) is 0 Å². The number of carbonyl (C=O) groups is 2. The molecule has 33 heavy (non-hydrogen) atoms. The van der Waals surface area contributed by atoms with Crippen LogP contribution in [-0.2, 0) is 9.53 Å². The van der Waals surface area contributed by atoms with Gasteiger partial charge in [0.2, 0.25) is 0 Å². The molecule has 2 aromatic carbocycles. The number of allylic oxidation sites excluding steroid dienone is 1. The molecule has 1 fully saturated rings. The van der Waals surface area contributed by atoms with Gasteiger partial charge in [-0.25, -0.2) is 9.79 Å². The van der Waals surface area contributed by atoms with E-state index < -0.39 is 0 Å². The van der Waals surface area contributed by atoms with Gasteiger partial charge in [-0.1, -0.05) is 42.1 Å². The minimum atomic E-state index is -0.347. The van der Waals surface area contributed by atoms with Crippen molar-refractivity contribution in [3.63, 3.8) is 0 Å². The fraction of sp³-hybridized carbons (Fsp3) is 0.346. The molecule has 0 aromatic heterocycles. The number of aryl methyl sites for hydroxylation is 1. The predicted molar refractivity (Wildman–Crippen MR) is 133 cm³/mol. The second kappa shape index (κ2) is 9.83. The van der Waals surface area contributed by atoms with Gasteiger partial charge in [-0.05, 0) is 63.4 Å². The Bertz CT molecular complexity index is 1140. The molecule has 2 heterocycles. The van der Waals surface area contributed by atoms with Crippen LogP contribution in [0.4, 0.5) is 5.69 Å². The highest BCUT2D eigenvalue weighted by Gasteiger charge is 2.38. The standard InChI is InChI=1S/C26H29N3O3S/c1-16(2)32-25(31)22-18(4)27-26-29(13-8-14-33-26)23(22)19-10-7-11-20(15-19)28-24(30)21-12-6-5-9-17(21)3/h5-7,9-12,15-16,23H,8,13-14H2,1-4H3,(H,28,30). The zero-order valence-corrected chi connectivity index (χ0v) is 20.2. The molecule has 4 rings (SSSR count). The highest BCUT2D eigenvalue weighted by Crippen LogP contribution is 2.40. The highest BCUT2D eigenvalue weighted by molar-refractivity contribution is 8.13. The van der Waals surface area contributed by atoms with Crippen molar-refractivity contribution >= 4 is 34.5 Å². The molecule has 1 saturated heterocycles. The lowest BCUT2D eigenvalue weighted by atomic mass is 9.94. The number of benzene rings is 2. The zero-order chi connectivity index (χ0) is 23.5. The second-order valence-corrected chi connectivity index (χ2v) is 9.60. The Kier molecular flexibility index (Phi) is 6.88. The summed E-state index contributed by atoms with van der Waals surface area (Å²) in [6.07, 6.45) is 0.787. The van der Waals surface area contributed by atoms with Crippen molar-refractivity contribution in [1.82, 2.24) is 4.90 Å². The Hall–Kier alpha value is -3.06. The maximum atomic E-state index is 13.1. The molecule has 1 amide bonds. The average Bonchev–Trinajstić information content (AvgIpc) is 2.78. The van der Waals surface area contributed by atoms with Crippen LogP contribution in [0.5, 0.6) is 0 Å². The third-order valence-electron chi connectivity index (χ3n) is 5.67. The summed E-state index contributed by atoms with van der Waals surface area (Å²) in [6.45, 7) is 8.29. The summed E-state index contributed by atoms with van der Waals surface area (Å²) in [7, 11) is 0. The van der Waals surface area contributed by atoms with E-state index in [1.807, 2.05) is 76.2 Å². The number of ether oxygens (including phenoxy) is 1. The summed E-state index contributed by atoms with van der Waals surface area (Å²) in [6, 6.07) is 14.9. The van der Waals surface area contributed by atoms with Crippen molar-refractivity contribution in [2.24, 2.45) is 4.99 Å². The van der Waals surface area contributed by atoms with Gasteiger partial charge in [-0.2, -0.15) is 0 Å². The average molecular weight is 464 g/mol. The Balaban J connectivity index is 1.69. The molecule has 2 aliphatic heterocycles. The number of nitrogens with one attached hydrogen (secondary N) is 1. The van der Waals surface area contributed by atoms with Crippen molar-refractivity contribution in [3.05, 3.63) is 76.5 Å². The molecular weight excluding hydrogens is 434 g/mol. The van der Waals surface area contributed by atoms with Gasteiger partial charge in [0.15, 0.2) is 5.17 Å². The van der Waals surface area contributed by atoms with Gasteiger partial charge >= 0.3 is 5.97 Å². The summed E-state index contributed by atoms with van der Waals surface area (Å²) in [4.78, 5) is 32.9. The molecule has 0 bridgehead atoms. The van der Waals surface area contributed by atoms with Gasteiger partial charge in [-0.15, -0.1) is 0 Å². The lowest BCUT2D eigenvalue weighted by Crippen LogP contribution is -2.42. The SMILES string of the molecule is CC1=C(C(=O)OC(C)C)C(c2cccc(NC(=O)c3ccccc3C)c2)N2CCCSC2=N1. The first kappa shape index (κ1) is 23.1. The number of hydrogen-bond acceptors (Lipinski definition) is 6. The van der Waals surface area contributed by atoms with Crippen LogP contribution in [0.1, 0.15) is 54.7 Å². The number of nitrogens with zero attached hydrogens (tertiary/aromatic N) is 2. The Labute approximate surface area is 199 Å². The third-order valence-corrected chi connectivity index (χ3v) is 6.75. The van der Waals surface area contributed by atoms with Gasteiger partial charge in [0, 0.05) is 23.5 Å². The molecule has 7 heteroatoms. The van der Waals surface area contributed by atoms with Crippen molar-refractivity contribution in [3.8, 4) is 0 Å². The van der Waals surface area contributed by atoms with E-state index in [0.717, 1.165) is 35.0 Å². The Morgan fingerprint density at radius 2 is 1.94 bits per heavy atom. The molecule has 0 radical (unpaired) electrons. The van der Waals surface area contributed by atoms with E-state index in [9.17, 15) is 9.59 Å². The largest absolute Gasteiger partial charge is 0.459 e. The molecular formula is C26H29N3O3S. The molecule has 172 valence electrons. The molecule has 2 aliphatic rings. The summed E-state index contributed by atoms with van der Waals surface area (Å²) in [5.74, 6) is 0.504. The van der Waals surface area contributed by atoms with E-state index in [4.69, 9.17) is 9.73 Å². The monoisotopic (exact) mass is 463 g/mol. The predicted octanol–water partition coefficient (Wildman–Crippen LogP) is 5.32. The van der Waals surface area contributed by atoms with Gasteiger partial charge in [-0.3, -0.25) is 4.79 Å². The van der Waals surface area contributed by atoms with E-state index in [1.165, 1.54) is 0 Å². The number of rotatable bonds is 5. The fourth-order valence-electron chi connectivity index (χ4n) is 4.17. The first-order valence-corrected chi connectivity index (χ1v) is 12.2. The number of esters is 1. The number of amidine groups is 1. The first-order valence-electron chi connectivity index (χ1n) is 11.2. The van der Waals surface area contributed by atoms with Crippen LogP contribution in [0.25, 0.3) is 0 Å². The maximum Gasteiger partial charge on any atom is 0.338 e. The first-order chi connectivity index (χ1) is 15.8. The maximum absolute atomic E-state index is 13.1. The molecule has 0 saturated carbocycles. The number of fused-ring (bicyclic) bond motifs is 1. The van der Waals surface area contributed by atoms with Crippen LogP contribution < -0.4 is 5.32 Å². The summed E-state index contributed by atoms with van der Waals surface area (Å²) < 4.78 is 5.59. The van der Waals surface area contributed by atoms with Gasteiger partial charge < -0.3 is 15.0 Å². The van der Waals surface area contributed by atoms with Crippen molar-refractivity contribution < 1.29 is 14.3 Å². The van der Waals surface area contributed by atoms with E-state index >= 15 is 0 Å². The minimum Gasteiger partial charge on any atom is -0.459 e. The van der Waals surface area contributed by atoms with Crippen molar-refractivity contribution in [2.45, 2.75) is 46.3 Å². The van der Waals surface area contributed by atoms with Gasteiger partial charge in [0.25, 0.3) is 5.91 Å². The number of anilines is 1. The molecule has 1 atom stereocenters. The van der Waals surface area contributed by atoms with Crippen LogP contribution in [0, 0.1) is 6.92 Å². The molecule has 0 aliphatic carbocycles. The summed E-state index contributed by atoms with van der Waals surface area (Å²) in [5, 5.41) is 3.94. The highest BCUT2D eigenvalue weighted by atomic mass is 32.2. The molecule has 1 N–H and O–H groups in total. The topological polar surface area (TPSA) is 71.0 Å². The van der Waals surface area contributed by atoms with Crippen LogP contribution in [0.2, 0.25) is 0 Å². The van der Waals surface area contributed by atoms with Crippen LogP contribution in [0.15, 0.2) is 64.8 Å². The second-order valence-electron chi connectivity index (χ2n) is 8.54. The molecule has 1 unspecified atom stereocenters. The van der Waals surface area contributed by atoms with E-state index in [0.29, 0.717) is 22.5 Å². The number of thioether (sulfide) groups is 1. The summed E-state index contributed by atoms with van der Waals surface area (Å²) in [5.41, 5.74) is 4.39. The van der Waals surface area contributed by atoms with E-state index in [2.05, 4.69) is 10.2 Å². The van der Waals surface area contributed by atoms with Gasteiger partial charge in [0.05, 0.1) is 23.4 Å². The van der Waals surface area contributed by atoms with Crippen LogP contribution >= 0.6 is 11.8 Å². The molecule has 0 spiro atoms. The number of aliphatic imine (C=N–C) groups is 1. The van der Waals surface area contributed by atoms with E-state index in [1.54, 1.807) is 11.8 Å². The lowest BCUT2D eigenvalue weighted by molar-refractivity contribution is -0.143. The van der Waals surface area contributed by atoms with E-state index in [-0.39, 0.29) is 24.0 Å². The van der Waals surface area contributed by atoms with Crippen LogP contribution in [-0.4, -0.2) is 40.3 Å². The number of amides is 1. The fourth-order valence-corrected chi connectivity index (χ4v) is 5.19. The minimum absolute atomic E-state index is 0.157. The Morgan fingerprint density at radius 3 is 2.70 bits per heavy atom. The smallest absolute Gasteiger partial charge is 0.338 e. The normalized spacial score (nSPS) is 18.0. The lowest BCUT2D eigenvalue weighted by Gasteiger charge is -2.40. The quantitative estimate of drug-likeness (QED) is 0.608. The Morgan fingerprint density at radius 1 is 1.15 bits per heavy atom. The van der Waals surface area contributed by atoms with Gasteiger partial charge in [0.1, 0.15) is 0 Å². The number of hydrogen-bond donors (Lipinski definition) is 1. The summed E-state index contributed by atoms with van der Waals surface area (Å²) >= 11 is 1.71. The molecule has 2 aromatic rings. The third kappa shape index (κ3) is 4.98. The van der Waals surface area contributed by atoms with Crippen molar-refractivity contribution in [2.75, 3.05) is 17.6 Å². The molecule has 6 nitrogen and oxygen atoms in total. The zero-order valence-electron chi connectivity index (χ0n) is 19.4. The van der Waals surface area contributed by atoms with Crippen molar-refractivity contribution in [1.29, 1.82) is 0 Å².